The molecule has 0 saturated carbocycles. The van der Waals surface area contributed by atoms with Crippen LogP contribution in [0.25, 0.3) is 11.3 Å². The Bertz CT molecular complexity index is 824. The minimum atomic E-state index is -0.328. The van der Waals surface area contributed by atoms with Crippen molar-refractivity contribution in [3.8, 4) is 11.3 Å². The molecule has 1 N–H and O–H groups in total. The molecule has 0 aliphatic rings. The molecule has 6 heteroatoms. The largest absolute Gasteiger partial charge is 0.467 e. The van der Waals surface area contributed by atoms with E-state index in [9.17, 15) is 4.79 Å². The summed E-state index contributed by atoms with van der Waals surface area (Å²) in [5, 5.41) is 3.80. The molecule has 23 heavy (non-hydrogen) atoms. The Labute approximate surface area is 143 Å². The maximum atomic E-state index is 12.2. The van der Waals surface area contributed by atoms with Crippen molar-refractivity contribution in [1.82, 2.24) is 5.32 Å². The molecule has 0 saturated heterocycles. The van der Waals surface area contributed by atoms with Gasteiger partial charge < -0.3 is 14.2 Å². The molecular formula is C17H13Cl2NO3. The summed E-state index contributed by atoms with van der Waals surface area (Å²) in [6.45, 7) is 1.83. The zero-order valence-electron chi connectivity index (χ0n) is 12.2. The van der Waals surface area contributed by atoms with Gasteiger partial charge in [0, 0.05) is 10.6 Å². The van der Waals surface area contributed by atoms with E-state index in [1.807, 2.05) is 6.92 Å². The molecule has 1 atom stereocenters. The molecule has 3 rings (SSSR count). The Kier molecular flexibility index (Phi) is 4.46. The minimum absolute atomic E-state index is 0.199. The topological polar surface area (TPSA) is 55.4 Å². The van der Waals surface area contributed by atoms with Crippen molar-refractivity contribution < 1.29 is 13.6 Å². The molecular weight excluding hydrogens is 337 g/mol. The summed E-state index contributed by atoms with van der Waals surface area (Å²) < 4.78 is 10.9. The smallest absolute Gasteiger partial charge is 0.287 e. The SMILES string of the molecule is C[C@@H](NC(=O)c1ccc(-c2ccc(Cl)cc2Cl)o1)c1ccco1. The van der Waals surface area contributed by atoms with Gasteiger partial charge in [-0.3, -0.25) is 4.79 Å². The van der Waals surface area contributed by atoms with E-state index in [0.717, 1.165) is 0 Å². The van der Waals surface area contributed by atoms with Gasteiger partial charge in [0.15, 0.2) is 5.76 Å². The number of carbonyl (C=O) groups excluding carboxylic acids is 1. The summed E-state index contributed by atoms with van der Waals surface area (Å²) in [6, 6.07) is 11.7. The van der Waals surface area contributed by atoms with E-state index in [1.54, 1.807) is 48.7 Å². The minimum Gasteiger partial charge on any atom is -0.467 e. The lowest BCUT2D eigenvalue weighted by atomic mass is 10.2. The number of nitrogens with one attached hydrogen (secondary N) is 1. The van der Waals surface area contributed by atoms with Crippen molar-refractivity contribution in [1.29, 1.82) is 0 Å². The van der Waals surface area contributed by atoms with Crippen LogP contribution in [0.5, 0.6) is 0 Å². The van der Waals surface area contributed by atoms with E-state index in [0.29, 0.717) is 27.1 Å². The van der Waals surface area contributed by atoms with E-state index >= 15 is 0 Å². The van der Waals surface area contributed by atoms with Gasteiger partial charge in [0.1, 0.15) is 11.5 Å². The summed E-state index contributed by atoms with van der Waals surface area (Å²) >= 11 is 12.0. The monoisotopic (exact) mass is 349 g/mol. The predicted molar refractivity (Wildman–Crippen MR) is 88.8 cm³/mol. The number of hydrogen-bond donors (Lipinski definition) is 1. The standard InChI is InChI=1S/C17H13Cl2NO3/c1-10(14-3-2-8-22-14)20-17(21)16-7-6-15(23-16)12-5-4-11(18)9-13(12)19/h2-10H,1H3,(H,20,21)/t10-/m1/s1. The highest BCUT2D eigenvalue weighted by Gasteiger charge is 2.17. The fraction of sp³-hybridized carbons (Fsp3) is 0.118. The highest BCUT2D eigenvalue weighted by atomic mass is 35.5. The molecule has 3 aromatic rings. The molecule has 1 amide bonds. The first-order valence-electron chi connectivity index (χ1n) is 6.94. The van der Waals surface area contributed by atoms with Crippen molar-refractivity contribution in [3.05, 3.63) is 70.3 Å². The number of amides is 1. The molecule has 0 aliphatic carbocycles. The molecule has 0 aliphatic heterocycles. The van der Waals surface area contributed by atoms with Crippen LogP contribution in [0.1, 0.15) is 29.3 Å². The second-order valence-electron chi connectivity index (χ2n) is 5.00. The van der Waals surface area contributed by atoms with Crippen LogP contribution in [0.15, 0.2) is 57.6 Å². The van der Waals surface area contributed by atoms with Crippen LogP contribution < -0.4 is 5.32 Å². The van der Waals surface area contributed by atoms with Gasteiger partial charge in [0.25, 0.3) is 5.91 Å². The number of furan rings is 2. The van der Waals surface area contributed by atoms with Crippen LogP contribution in [0.3, 0.4) is 0 Å². The Balaban J connectivity index is 1.77. The average molecular weight is 350 g/mol. The molecule has 2 aromatic heterocycles. The van der Waals surface area contributed by atoms with Crippen molar-refractivity contribution in [2.75, 3.05) is 0 Å². The molecule has 0 spiro atoms. The lowest BCUT2D eigenvalue weighted by Crippen LogP contribution is -2.25. The number of carbonyl (C=O) groups is 1. The Morgan fingerprint density at radius 1 is 1.17 bits per heavy atom. The maximum absolute atomic E-state index is 12.2. The average Bonchev–Trinajstić information content (AvgIpc) is 3.19. The summed E-state index contributed by atoms with van der Waals surface area (Å²) in [5.41, 5.74) is 0.675. The van der Waals surface area contributed by atoms with Gasteiger partial charge in [-0.1, -0.05) is 23.2 Å². The van der Waals surface area contributed by atoms with E-state index in [-0.39, 0.29) is 17.7 Å². The van der Waals surface area contributed by atoms with Crippen molar-refractivity contribution >= 4 is 29.1 Å². The highest BCUT2D eigenvalue weighted by Crippen LogP contribution is 2.31. The van der Waals surface area contributed by atoms with Crippen LogP contribution in [0.2, 0.25) is 10.0 Å². The third-order valence-corrected chi connectivity index (χ3v) is 3.89. The summed E-state index contributed by atoms with van der Waals surface area (Å²) in [7, 11) is 0. The third-order valence-electron chi connectivity index (χ3n) is 3.34. The number of benzene rings is 1. The van der Waals surface area contributed by atoms with Gasteiger partial charge in [-0.25, -0.2) is 0 Å². The molecule has 0 fully saturated rings. The van der Waals surface area contributed by atoms with Gasteiger partial charge in [0.2, 0.25) is 0 Å². The zero-order chi connectivity index (χ0) is 16.4. The van der Waals surface area contributed by atoms with Gasteiger partial charge in [-0.05, 0) is 49.4 Å². The van der Waals surface area contributed by atoms with Gasteiger partial charge >= 0.3 is 0 Å². The predicted octanol–water partition coefficient (Wildman–Crippen LogP) is 5.34. The number of rotatable bonds is 4. The fourth-order valence-corrected chi connectivity index (χ4v) is 2.67. The van der Waals surface area contributed by atoms with E-state index in [4.69, 9.17) is 32.0 Å². The number of halogens is 2. The van der Waals surface area contributed by atoms with Crippen LogP contribution in [-0.2, 0) is 0 Å². The molecule has 1 aromatic carbocycles. The van der Waals surface area contributed by atoms with E-state index in [2.05, 4.69) is 5.32 Å². The normalized spacial score (nSPS) is 12.1. The lowest BCUT2D eigenvalue weighted by molar-refractivity contribution is 0.0908. The van der Waals surface area contributed by atoms with E-state index < -0.39 is 0 Å². The molecule has 2 heterocycles. The van der Waals surface area contributed by atoms with Gasteiger partial charge in [-0.2, -0.15) is 0 Å². The quantitative estimate of drug-likeness (QED) is 0.691. The fourth-order valence-electron chi connectivity index (χ4n) is 2.17. The van der Waals surface area contributed by atoms with Crippen LogP contribution >= 0.6 is 23.2 Å². The molecule has 4 nitrogen and oxygen atoms in total. The number of hydrogen-bond acceptors (Lipinski definition) is 3. The van der Waals surface area contributed by atoms with Crippen molar-refractivity contribution in [2.45, 2.75) is 13.0 Å². The highest BCUT2D eigenvalue weighted by molar-refractivity contribution is 6.36. The van der Waals surface area contributed by atoms with Gasteiger partial charge in [-0.15, -0.1) is 0 Å². The van der Waals surface area contributed by atoms with Crippen LogP contribution in [0, 0.1) is 0 Å². The lowest BCUT2D eigenvalue weighted by Gasteiger charge is -2.09. The third kappa shape index (κ3) is 3.44. The second-order valence-corrected chi connectivity index (χ2v) is 5.84. The van der Waals surface area contributed by atoms with E-state index in [1.165, 1.54) is 0 Å². The first-order chi connectivity index (χ1) is 11.0. The van der Waals surface area contributed by atoms with Crippen LogP contribution in [0.4, 0.5) is 0 Å². The molecule has 118 valence electrons. The first kappa shape index (κ1) is 15.7. The van der Waals surface area contributed by atoms with Crippen molar-refractivity contribution in [2.24, 2.45) is 0 Å². The first-order valence-corrected chi connectivity index (χ1v) is 7.69. The van der Waals surface area contributed by atoms with Gasteiger partial charge in [0.05, 0.1) is 17.3 Å². The molecule has 0 radical (unpaired) electrons. The Morgan fingerprint density at radius 2 is 2.00 bits per heavy atom. The molecule has 0 unspecified atom stereocenters. The summed E-state index contributed by atoms with van der Waals surface area (Å²) in [5.74, 6) is 1.04. The Hall–Kier alpha value is -2.17. The van der Waals surface area contributed by atoms with Crippen molar-refractivity contribution in [3.63, 3.8) is 0 Å². The summed E-state index contributed by atoms with van der Waals surface area (Å²) in [6.07, 6.45) is 1.56. The second kappa shape index (κ2) is 6.52. The molecule has 0 bridgehead atoms. The maximum Gasteiger partial charge on any atom is 0.287 e. The zero-order valence-corrected chi connectivity index (χ0v) is 13.7. The summed E-state index contributed by atoms with van der Waals surface area (Å²) in [4.78, 5) is 12.2. The Morgan fingerprint density at radius 3 is 2.70 bits per heavy atom. The van der Waals surface area contributed by atoms with Crippen LogP contribution in [-0.4, -0.2) is 5.91 Å².